The van der Waals surface area contributed by atoms with Crippen molar-refractivity contribution < 1.29 is 9.13 Å². The number of nitrogens with one attached hydrogen (secondary N) is 1. The van der Waals surface area contributed by atoms with Crippen LogP contribution in [-0.2, 0) is 10.2 Å². The molecular weight excluding hydrogens is 193 g/mol. The molecule has 1 aromatic carbocycles. The van der Waals surface area contributed by atoms with Crippen LogP contribution < -0.4 is 5.32 Å². The van der Waals surface area contributed by atoms with Gasteiger partial charge >= 0.3 is 0 Å². The minimum atomic E-state index is -0.190. The van der Waals surface area contributed by atoms with Crippen LogP contribution in [0.3, 0.4) is 0 Å². The minimum absolute atomic E-state index is 0.0514. The van der Waals surface area contributed by atoms with Gasteiger partial charge in [0.15, 0.2) is 0 Å². The van der Waals surface area contributed by atoms with E-state index in [9.17, 15) is 4.39 Å². The Balaban J connectivity index is 2.22. The van der Waals surface area contributed by atoms with Crippen LogP contribution in [-0.4, -0.2) is 26.3 Å². The maximum atomic E-state index is 12.8. The molecule has 1 heterocycles. The first-order valence-corrected chi connectivity index (χ1v) is 5.25. The molecule has 15 heavy (non-hydrogen) atoms. The Morgan fingerprint density at radius 3 is 2.80 bits per heavy atom. The van der Waals surface area contributed by atoms with Crippen LogP contribution in [0.15, 0.2) is 24.3 Å². The lowest BCUT2D eigenvalue weighted by Crippen LogP contribution is -2.36. The predicted molar refractivity (Wildman–Crippen MR) is 57.4 cm³/mol. The summed E-state index contributed by atoms with van der Waals surface area (Å²) in [6, 6.07) is 6.69. The Morgan fingerprint density at radius 2 is 2.07 bits per heavy atom. The maximum absolute atomic E-state index is 12.8. The first-order valence-electron chi connectivity index (χ1n) is 5.25. The van der Waals surface area contributed by atoms with Crippen molar-refractivity contribution in [1.82, 2.24) is 5.32 Å². The lowest BCUT2D eigenvalue weighted by molar-refractivity contribution is 0.113. The molecule has 0 radical (unpaired) electrons. The Bertz CT molecular complexity index is 315. The van der Waals surface area contributed by atoms with E-state index in [-0.39, 0.29) is 11.2 Å². The summed E-state index contributed by atoms with van der Waals surface area (Å²) in [5, 5.41) is 3.33. The Hall–Kier alpha value is -0.930. The van der Waals surface area contributed by atoms with Crippen LogP contribution in [0.1, 0.15) is 12.5 Å². The summed E-state index contributed by atoms with van der Waals surface area (Å²) in [6.07, 6.45) is 0. The highest BCUT2D eigenvalue weighted by Crippen LogP contribution is 2.24. The van der Waals surface area contributed by atoms with Crippen LogP contribution >= 0.6 is 0 Å². The number of ether oxygens (including phenoxy) is 1. The van der Waals surface area contributed by atoms with E-state index >= 15 is 0 Å². The molecule has 0 spiro atoms. The van der Waals surface area contributed by atoms with Crippen molar-refractivity contribution in [3.8, 4) is 0 Å². The summed E-state index contributed by atoms with van der Waals surface area (Å²) < 4.78 is 18.4. The van der Waals surface area contributed by atoms with E-state index in [4.69, 9.17) is 4.74 Å². The van der Waals surface area contributed by atoms with Gasteiger partial charge in [-0.25, -0.2) is 4.39 Å². The van der Waals surface area contributed by atoms with E-state index in [2.05, 4.69) is 12.2 Å². The van der Waals surface area contributed by atoms with Crippen molar-refractivity contribution >= 4 is 0 Å². The molecule has 82 valence electrons. The van der Waals surface area contributed by atoms with Crippen molar-refractivity contribution in [3.63, 3.8) is 0 Å². The lowest BCUT2D eigenvalue weighted by atomic mass is 9.83. The molecule has 2 nitrogen and oxygen atoms in total. The number of hydrogen-bond acceptors (Lipinski definition) is 2. The number of halogens is 1. The maximum Gasteiger partial charge on any atom is 0.123 e. The minimum Gasteiger partial charge on any atom is -0.379 e. The standard InChI is InChI=1S/C12H16FNO/c1-12(8-14-6-7-15-9-12)10-2-4-11(13)5-3-10/h2-5,14H,6-9H2,1H3. The van der Waals surface area contributed by atoms with E-state index in [1.807, 2.05) is 12.1 Å². The van der Waals surface area contributed by atoms with Crippen LogP contribution in [0.4, 0.5) is 4.39 Å². The first kappa shape index (κ1) is 10.6. The molecule has 1 saturated heterocycles. The lowest BCUT2D eigenvalue weighted by Gasteiger charge is -2.27. The Morgan fingerprint density at radius 1 is 1.33 bits per heavy atom. The largest absolute Gasteiger partial charge is 0.379 e. The van der Waals surface area contributed by atoms with Crippen molar-refractivity contribution in [3.05, 3.63) is 35.6 Å². The van der Waals surface area contributed by atoms with Gasteiger partial charge < -0.3 is 10.1 Å². The predicted octanol–water partition coefficient (Wildman–Crippen LogP) is 1.70. The van der Waals surface area contributed by atoms with Crippen LogP contribution in [0.2, 0.25) is 0 Å². The molecule has 1 aliphatic rings. The smallest absolute Gasteiger partial charge is 0.123 e. The van der Waals surface area contributed by atoms with E-state index < -0.39 is 0 Å². The fourth-order valence-corrected chi connectivity index (χ4v) is 1.89. The number of hydrogen-bond donors (Lipinski definition) is 1. The molecule has 0 aliphatic carbocycles. The van der Waals surface area contributed by atoms with Crippen LogP contribution in [0.25, 0.3) is 0 Å². The molecule has 0 saturated carbocycles. The normalized spacial score (nSPS) is 27.3. The SMILES string of the molecule is CC1(c2ccc(F)cc2)CNCCOC1. The molecule has 1 aromatic rings. The molecular formula is C12H16FNO. The molecule has 1 aliphatic heterocycles. The van der Waals surface area contributed by atoms with Gasteiger partial charge in [-0.05, 0) is 17.7 Å². The van der Waals surface area contributed by atoms with Crippen molar-refractivity contribution in [2.75, 3.05) is 26.3 Å². The highest BCUT2D eigenvalue weighted by molar-refractivity contribution is 5.26. The van der Waals surface area contributed by atoms with E-state index in [1.165, 1.54) is 12.1 Å². The zero-order valence-corrected chi connectivity index (χ0v) is 8.92. The summed E-state index contributed by atoms with van der Waals surface area (Å²) in [4.78, 5) is 0. The fraction of sp³-hybridized carbons (Fsp3) is 0.500. The summed E-state index contributed by atoms with van der Waals surface area (Å²) in [5.41, 5.74) is 1.07. The molecule has 3 heteroatoms. The highest BCUT2D eigenvalue weighted by Gasteiger charge is 2.28. The van der Waals surface area contributed by atoms with Gasteiger partial charge in [0, 0.05) is 18.5 Å². The summed E-state index contributed by atoms with van der Waals surface area (Å²) in [6.45, 7) is 5.33. The van der Waals surface area contributed by atoms with Crippen LogP contribution in [0.5, 0.6) is 0 Å². The molecule has 1 unspecified atom stereocenters. The van der Waals surface area contributed by atoms with E-state index in [0.29, 0.717) is 6.61 Å². The molecule has 1 N–H and O–H groups in total. The number of rotatable bonds is 1. The monoisotopic (exact) mass is 209 g/mol. The van der Waals surface area contributed by atoms with Gasteiger partial charge in [0.1, 0.15) is 5.82 Å². The topological polar surface area (TPSA) is 21.3 Å². The second-order valence-corrected chi connectivity index (χ2v) is 4.30. The molecule has 1 fully saturated rings. The first-order chi connectivity index (χ1) is 7.21. The summed E-state index contributed by atoms with van der Waals surface area (Å²) >= 11 is 0. The van der Waals surface area contributed by atoms with Gasteiger partial charge in [-0.2, -0.15) is 0 Å². The second kappa shape index (κ2) is 4.29. The van der Waals surface area contributed by atoms with Crippen molar-refractivity contribution in [2.24, 2.45) is 0 Å². The van der Waals surface area contributed by atoms with Crippen LogP contribution in [0, 0.1) is 5.82 Å². The van der Waals surface area contributed by atoms with Gasteiger partial charge in [-0.3, -0.25) is 0 Å². The Labute approximate surface area is 89.4 Å². The second-order valence-electron chi connectivity index (χ2n) is 4.30. The van der Waals surface area contributed by atoms with Crippen molar-refractivity contribution in [2.45, 2.75) is 12.3 Å². The van der Waals surface area contributed by atoms with Gasteiger partial charge in [0.25, 0.3) is 0 Å². The van der Waals surface area contributed by atoms with Gasteiger partial charge in [-0.1, -0.05) is 19.1 Å². The number of benzene rings is 1. The average molecular weight is 209 g/mol. The fourth-order valence-electron chi connectivity index (χ4n) is 1.89. The third-order valence-corrected chi connectivity index (χ3v) is 2.90. The van der Waals surface area contributed by atoms with E-state index in [1.54, 1.807) is 0 Å². The molecule has 0 aromatic heterocycles. The Kier molecular flexibility index (Phi) is 3.03. The van der Waals surface area contributed by atoms with Gasteiger partial charge in [0.2, 0.25) is 0 Å². The van der Waals surface area contributed by atoms with Crippen molar-refractivity contribution in [1.29, 1.82) is 0 Å². The quantitative estimate of drug-likeness (QED) is 0.760. The third-order valence-electron chi connectivity index (χ3n) is 2.90. The summed E-state index contributed by atoms with van der Waals surface area (Å²) in [7, 11) is 0. The highest BCUT2D eigenvalue weighted by atomic mass is 19.1. The summed E-state index contributed by atoms with van der Waals surface area (Å²) in [5.74, 6) is -0.190. The van der Waals surface area contributed by atoms with Gasteiger partial charge in [-0.15, -0.1) is 0 Å². The third kappa shape index (κ3) is 2.36. The molecule has 2 rings (SSSR count). The molecule has 1 atom stereocenters. The zero-order chi connectivity index (χ0) is 10.7. The zero-order valence-electron chi connectivity index (χ0n) is 8.92. The molecule has 0 amide bonds. The van der Waals surface area contributed by atoms with E-state index in [0.717, 1.165) is 25.3 Å². The average Bonchev–Trinajstić information content (AvgIpc) is 2.45. The van der Waals surface area contributed by atoms with Gasteiger partial charge in [0.05, 0.1) is 13.2 Å². The molecule has 0 bridgehead atoms.